The highest BCUT2D eigenvalue weighted by Gasteiger charge is 2.36. The van der Waals surface area contributed by atoms with Gasteiger partial charge in [0, 0.05) is 31.0 Å². The van der Waals surface area contributed by atoms with Crippen LogP contribution in [0.4, 0.5) is 0 Å². The van der Waals surface area contributed by atoms with Gasteiger partial charge in [0.2, 0.25) is 12.7 Å². The molecule has 1 amide bonds. The lowest BCUT2D eigenvalue weighted by Crippen LogP contribution is -2.49. The molecular formula is C23H28N4O3. The van der Waals surface area contributed by atoms with Crippen LogP contribution in [0.1, 0.15) is 55.7 Å². The molecule has 30 heavy (non-hydrogen) atoms. The number of carbonyl (C=O) groups excluding carboxylic acids is 1. The lowest BCUT2D eigenvalue weighted by atomic mass is 9.93. The number of benzene rings is 1. The van der Waals surface area contributed by atoms with Crippen LogP contribution in [0.5, 0.6) is 11.5 Å². The summed E-state index contributed by atoms with van der Waals surface area (Å²) in [6.07, 6.45) is 10.1. The Morgan fingerprint density at radius 3 is 2.80 bits per heavy atom. The summed E-state index contributed by atoms with van der Waals surface area (Å²) in [6.45, 7) is 0.880. The zero-order chi connectivity index (χ0) is 20.3. The van der Waals surface area contributed by atoms with Gasteiger partial charge in [0.05, 0.1) is 0 Å². The second kappa shape index (κ2) is 8.62. The molecule has 5 rings (SSSR count). The zero-order valence-electron chi connectivity index (χ0n) is 17.0. The Kier molecular flexibility index (Phi) is 5.55. The van der Waals surface area contributed by atoms with Crippen molar-refractivity contribution in [3.63, 3.8) is 0 Å². The van der Waals surface area contributed by atoms with E-state index in [-0.39, 0.29) is 24.8 Å². The minimum Gasteiger partial charge on any atom is -0.454 e. The number of nitrogens with one attached hydrogen (secondary N) is 2. The van der Waals surface area contributed by atoms with E-state index in [0.29, 0.717) is 19.0 Å². The van der Waals surface area contributed by atoms with Crippen LogP contribution in [0.2, 0.25) is 0 Å². The lowest BCUT2D eigenvalue weighted by Gasteiger charge is -2.36. The van der Waals surface area contributed by atoms with Gasteiger partial charge >= 0.3 is 0 Å². The number of ether oxygens (including phenoxy) is 2. The molecule has 0 spiro atoms. The van der Waals surface area contributed by atoms with Crippen molar-refractivity contribution < 1.29 is 14.3 Å². The molecule has 2 fully saturated rings. The summed E-state index contributed by atoms with van der Waals surface area (Å²) in [5.74, 6) is 1.71. The van der Waals surface area contributed by atoms with Crippen LogP contribution in [0, 0.1) is 0 Å². The summed E-state index contributed by atoms with van der Waals surface area (Å²) in [7, 11) is 0. The number of hydrogen-bond donors (Lipinski definition) is 2. The number of pyridine rings is 1. The normalized spacial score (nSPS) is 23.5. The largest absolute Gasteiger partial charge is 0.454 e. The molecule has 158 valence electrons. The van der Waals surface area contributed by atoms with E-state index < -0.39 is 0 Å². The number of amides is 1. The van der Waals surface area contributed by atoms with Crippen molar-refractivity contribution >= 4 is 5.91 Å². The predicted octanol–water partition coefficient (Wildman–Crippen LogP) is 3.08. The standard InChI is InChI=1S/C23H28N4O3/c28-23(27(18-6-2-1-3-7-18)14-16-5-4-10-24-13-16)20-12-19(25-26-20)17-8-9-21-22(11-17)30-15-29-21/h4-5,8-11,13,18-20,25-26H,1-3,6-7,12,14-15H2. The SMILES string of the molecule is O=C(C1CC(c2ccc3c(c2)OCO3)NN1)N(Cc1cccnc1)C1CCCCC1. The summed E-state index contributed by atoms with van der Waals surface area (Å²) in [4.78, 5) is 19.9. The molecule has 2 N–H and O–H groups in total. The number of carbonyl (C=O) groups is 1. The van der Waals surface area contributed by atoms with Gasteiger partial charge < -0.3 is 14.4 Å². The molecule has 2 aromatic rings. The third-order valence-corrected chi connectivity index (χ3v) is 6.37. The molecular weight excluding hydrogens is 380 g/mol. The second-order valence-electron chi connectivity index (χ2n) is 8.36. The molecule has 1 aromatic heterocycles. The first-order valence-electron chi connectivity index (χ1n) is 10.9. The Morgan fingerprint density at radius 1 is 1.10 bits per heavy atom. The van der Waals surface area contributed by atoms with Crippen molar-refractivity contribution in [1.29, 1.82) is 0 Å². The molecule has 1 aliphatic carbocycles. The fraction of sp³-hybridized carbons (Fsp3) is 0.478. The minimum atomic E-state index is -0.251. The first kappa shape index (κ1) is 19.3. The summed E-state index contributed by atoms with van der Waals surface area (Å²) in [5, 5.41) is 0. The van der Waals surface area contributed by atoms with E-state index >= 15 is 0 Å². The summed E-state index contributed by atoms with van der Waals surface area (Å²) in [6, 6.07) is 10.1. The Hall–Kier alpha value is -2.64. The van der Waals surface area contributed by atoms with Crippen LogP contribution in [-0.4, -0.2) is 34.7 Å². The maximum absolute atomic E-state index is 13.6. The van der Waals surface area contributed by atoms with Crippen molar-refractivity contribution in [3.05, 3.63) is 53.9 Å². The van der Waals surface area contributed by atoms with Gasteiger partial charge in [-0.15, -0.1) is 0 Å². The van der Waals surface area contributed by atoms with Crippen LogP contribution in [0.15, 0.2) is 42.7 Å². The van der Waals surface area contributed by atoms with Gasteiger partial charge in [-0.05, 0) is 48.6 Å². The Balaban J connectivity index is 1.30. The number of hydrazine groups is 1. The molecule has 2 aliphatic heterocycles. The molecule has 2 atom stereocenters. The topological polar surface area (TPSA) is 75.7 Å². The van der Waals surface area contributed by atoms with Crippen molar-refractivity contribution in [1.82, 2.24) is 20.7 Å². The molecule has 1 aromatic carbocycles. The molecule has 2 unspecified atom stereocenters. The maximum Gasteiger partial charge on any atom is 0.241 e. The number of hydrogen-bond acceptors (Lipinski definition) is 6. The third kappa shape index (κ3) is 4.00. The highest BCUT2D eigenvalue weighted by molar-refractivity contribution is 5.82. The van der Waals surface area contributed by atoms with Crippen LogP contribution >= 0.6 is 0 Å². The van der Waals surface area contributed by atoms with Crippen LogP contribution < -0.4 is 20.3 Å². The van der Waals surface area contributed by atoms with E-state index in [1.807, 2.05) is 36.5 Å². The fourth-order valence-corrected chi connectivity index (χ4v) is 4.73. The van der Waals surface area contributed by atoms with Gasteiger partial charge in [-0.3, -0.25) is 9.78 Å². The van der Waals surface area contributed by atoms with Crippen LogP contribution in [-0.2, 0) is 11.3 Å². The molecule has 7 nitrogen and oxygen atoms in total. The average molecular weight is 409 g/mol. The Morgan fingerprint density at radius 2 is 1.97 bits per heavy atom. The highest BCUT2D eigenvalue weighted by atomic mass is 16.7. The van der Waals surface area contributed by atoms with E-state index in [9.17, 15) is 4.79 Å². The van der Waals surface area contributed by atoms with Gasteiger partial charge in [-0.2, -0.15) is 0 Å². The second-order valence-corrected chi connectivity index (χ2v) is 8.36. The zero-order valence-corrected chi connectivity index (χ0v) is 17.0. The van der Waals surface area contributed by atoms with Gasteiger partial charge in [0.25, 0.3) is 0 Å². The predicted molar refractivity (Wildman–Crippen MR) is 112 cm³/mol. The fourth-order valence-electron chi connectivity index (χ4n) is 4.73. The first-order valence-corrected chi connectivity index (χ1v) is 10.9. The minimum absolute atomic E-state index is 0.0556. The average Bonchev–Trinajstić information content (AvgIpc) is 3.47. The van der Waals surface area contributed by atoms with Crippen molar-refractivity contribution in [2.24, 2.45) is 0 Å². The molecule has 3 aliphatic rings. The third-order valence-electron chi connectivity index (χ3n) is 6.37. The highest BCUT2D eigenvalue weighted by Crippen LogP contribution is 2.36. The van der Waals surface area contributed by atoms with Crippen LogP contribution in [0.25, 0.3) is 0 Å². The summed E-state index contributed by atoms with van der Waals surface area (Å²) in [5.41, 5.74) is 8.73. The Bertz CT molecular complexity index is 885. The molecule has 3 heterocycles. The Labute approximate surface area is 176 Å². The lowest BCUT2D eigenvalue weighted by molar-refractivity contribution is -0.137. The number of nitrogens with zero attached hydrogens (tertiary/aromatic N) is 2. The monoisotopic (exact) mass is 408 g/mol. The summed E-state index contributed by atoms with van der Waals surface area (Å²) >= 11 is 0. The number of rotatable bonds is 5. The van der Waals surface area contributed by atoms with Gasteiger partial charge in [0.15, 0.2) is 11.5 Å². The maximum atomic E-state index is 13.6. The summed E-state index contributed by atoms with van der Waals surface area (Å²) < 4.78 is 10.9. The molecule has 0 radical (unpaired) electrons. The van der Waals surface area contributed by atoms with E-state index in [0.717, 1.165) is 35.5 Å². The van der Waals surface area contributed by atoms with E-state index in [2.05, 4.69) is 20.7 Å². The van der Waals surface area contributed by atoms with E-state index in [4.69, 9.17) is 9.47 Å². The van der Waals surface area contributed by atoms with Gasteiger partial charge in [0.1, 0.15) is 6.04 Å². The van der Waals surface area contributed by atoms with Crippen molar-refractivity contribution in [2.75, 3.05) is 6.79 Å². The van der Waals surface area contributed by atoms with Crippen LogP contribution in [0.3, 0.4) is 0 Å². The van der Waals surface area contributed by atoms with E-state index in [1.165, 1.54) is 19.3 Å². The van der Waals surface area contributed by atoms with Gasteiger partial charge in [-0.1, -0.05) is 31.4 Å². The molecule has 1 saturated carbocycles. The molecule has 7 heteroatoms. The van der Waals surface area contributed by atoms with Crippen molar-refractivity contribution in [3.8, 4) is 11.5 Å². The van der Waals surface area contributed by atoms with Crippen molar-refractivity contribution in [2.45, 2.75) is 63.2 Å². The van der Waals surface area contributed by atoms with E-state index in [1.54, 1.807) is 6.20 Å². The quantitative estimate of drug-likeness (QED) is 0.792. The first-order chi connectivity index (χ1) is 14.8. The smallest absolute Gasteiger partial charge is 0.241 e. The number of fused-ring (bicyclic) bond motifs is 1. The molecule has 1 saturated heterocycles. The van der Waals surface area contributed by atoms with Gasteiger partial charge in [-0.25, -0.2) is 10.9 Å². The molecule has 0 bridgehead atoms. The number of aromatic nitrogens is 1.